The highest BCUT2D eigenvalue weighted by Gasteiger charge is 2.23. The standard InChI is InChI=1S/C12H17NO4/c1-7(2)17-11(14)9-5-10(12(15)16-4)8(3)13-6-9/h6-7,13H,5H2,1-4H3. The normalized spacial score (nSPS) is 15.2. The molecular weight excluding hydrogens is 222 g/mol. The fourth-order valence-corrected chi connectivity index (χ4v) is 1.43. The fraction of sp³-hybridized carbons (Fsp3) is 0.500. The van der Waals surface area contributed by atoms with Crippen LogP contribution in [0.5, 0.6) is 0 Å². The molecule has 5 nitrogen and oxygen atoms in total. The van der Waals surface area contributed by atoms with Crippen LogP contribution < -0.4 is 5.32 Å². The first kappa shape index (κ1) is 13.3. The smallest absolute Gasteiger partial charge is 0.336 e. The predicted octanol–water partition coefficient (Wildman–Crippen LogP) is 1.26. The average Bonchev–Trinajstić information content (AvgIpc) is 2.27. The Kier molecular flexibility index (Phi) is 4.31. The average molecular weight is 239 g/mol. The van der Waals surface area contributed by atoms with E-state index in [1.165, 1.54) is 7.11 Å². The van der Waals surface area contributed by atoms with Crippen molar-refractivity contribution in [1.29, 1.82) is 0 Å². The molecule has 0 saturated heterocycles. The SMILES string of the molecule is COC(=O)C1=C(C)NC=C(C(=O)OC(C)C)C1. The van der Waals surface area contributed by atoms with Crippen LogP contribution in [0.4, 0.5) is 0 Å². The Bertz CT molecular complexity index is 393. The summed E-state index contributed by atoms with van der Waals surface area (Å²) >= 11 is 0. The summed E-state index contributed by atoms with van der Waals surface area (Å²) in [6, 6.07) is 0. The van der Waals surface area contributed by atoms with Gasteiger partial charge in [-0.2, -0.15) is 0 Å². The van der Waals surface area contributed by atoms with E-state index in [0.29, 0.717) is 16.8 Å². The zero-order valence-electron chi connectivity index (χ0n) is 10.5. The lowest BCUT2D eigenvalue weighted by atomic mass is 10.0. The van der Waals surface area contributed by atoms with Crippen LogP contribution in [0.25, 0.3) is 0 Å². The maximum Gasteiger partial charge on any atom is 0.336 e. The van der Waals surface area contributed by atoms with E-state index < -0.39 is 11.9 Å². The lowest BCUT2D eigenvalue weighted by molar-refractivity contribution is -0.142. The Hall–Kier alpha value is -1.78. The molecule has 1 aliphatic rings. The summed E-state index contributed by atoms with van der Waals surface area (Å²) in [6.45, 7) is 5.31. The van der Waals surface area contributed by atoms with Gasteiger partial charge in [-0.1, -0.05) is 0 Å². The molecule has 0 aromatic carbocycles. The van der Waals surface area contributed by atoms with Crippen LogP contribution in [-0.4, -0.2) is 25.2 Å². The molecule has 0 amide bonds. The lowest BCUT2D eigenvalue weighted by Gasteiger charge is -2.18. The molecule has 17 heavy (non-hydrogen) atoms. The van der Waals surface area contributed by atoms with Crippen molar-refractivity contribution < 1.29 is 19.1 Å². The zero-order chi connectivity index (χ0) is 13.0. The maximum atomic E-state index is 11.7. The highest BCUT2D eigenvalue weighted by molar-refractivity contribution is 5.95. The molecule has 0 saturated carbocycles. The highest BCUT2D eigenvalue weighted by Crippen LogP contribution is 2.20. The van der Waals surface area contributed by atoms with E-state index >= 15 is 0 Å². The second-order valence-electron chi connectivity index (χ2n) is 4.04. The van der Waals surface area contributed by atoms with Crippen molar-refractivity contribution in [2.45, 2.75) is 33.3 Å². The number of nitrogens with one attached hydrogen (secondary N) is 1. The molecule has 0 fully saturated rings. The van der Waals surface area contributed by atoms with Gasteiger partial charge in [0.2, 0.25) is 0 Å². The molecule has 0 spiro atoms. The minimum absolute atomic E-state index is 0.183. The van der Waals surface area contributed by atoms with E-state index in [0.717, 1.165) is 0 Å². The summed E-state index contributed by atoms with van der Waals surface area (Å²) in [5.74, 6) is -0.848. The van der Waals surface area contributed by atoms with Crippen molar-refractivity contribution in [3.05, 3.63) is 23.0 Å². The highest BCUT2D eigenvalue weighted by atomic mass is 16.5. The molecule has 1 heterocycles. The first-order valence-corrected chi connectivity index (χ1v) is 5.40. The summed E-state index contributed by atoms with van der Waals surface area (Å²) in [5.41, 5.74) is 1.56. The summed E-state index contributed by atoms with van der Waals surface area (Å²) < 4.78 is 9.72. The third-order valence-electron chi connectivity index (χ3n) is 2.32. The zero-order valence-corrected chi connectivity index (χ0v) is 10.5. The van der Waals surface area contributed by atoms with Crippen LogP contribution in [0.2, 0.25) is 0 Å². The third-order valence-corrected chi connectivity index (χ3v) is 2.32. The number of carbonyl (C=O) groups excluding carboxylic acids is 2. The molecule has 1 rings (SSSR count). The van der Waals surface area contributed by atoms with Gasteiger partial charge in [0.25, 0.3) is 0 Å². The monoisotopic (exact) mass is 239 g/mol. The second kappa shape index (κ2) is 5.52. The van der Waals surface area contributed by atoms with Crippen molar-refractivity contribution >= 4 is 11.9 Å². The van der Waals surface area contributed by atoms with Gasteiger partial charge in [-0.25, -0.2) is 9.59 Å². The number of methoxy groups -OCH3 is 1. The molecule has 0 aliphatic carbocycles. The molecule has 0 aromatic heterocycles. The van der Waals surface area contributed by atoms with E-state index in [1.807, 2.05) is 0 Å². The number of allylic oxidation sites excluding steroid dienone is 1. The van der Waals surface area contributed by atoms with Gasteiger partial charge < -0.3 is 14.8 Å². The number of ether oxygens (including phenoxy) is 2. The number of hydrogen-bond donors (Lipinski definition) is 1. The number of hydrogen-bond acceptors (Lipinski definition) is 5. The van der Waals surface area contributed by atoms with E-state index in [4.69, 9.17) is 4.74 Å². The Balaban J connectivity index is 2.76. The van der Waals surface area contributed by atoms with E-state index in [-0.39, 0.29) is 12.5 Å². The van der Waals surface area contributed by atoms with Crippen LogP contribution in [0.3, 0.4) is 0 Å². The Morgan fingerprint density at radius 3 is 2.53 bits per heavy atom. The van der Waals surface area contributed by atoms with Gasteiger partial charge in [0, 0.05) is 18.3 Å². The van der Waals surface area contributed by atoms with Gasteiger partial charge in [0.05, 0.1) is 24.4 Å². The Morgan fingerprint density at radius 1 is 1.35 bits per heavy atom. The number of esters is 2. The van der Waals surface area contributed by atoms with E-state index in [2.05, 4.69) is 10.1 Å². The van der Waals surface area contributed by atoms with Gasteiger partial charge in [-0.15, -0.1) is 0 Å². The van der Waals surface area contributed by atoms with Crippen LogP contribution in [0.1, 0.15) is 27.2 Å². The molecule has 0 radical (unpaired) electrons. The summed E-state index contributed by atoms with van der Waals surface area (Å²) in [7, 11) is 1.31. The summed E-state index contributed by atoms with van der Waals surface area (Å²) in [4.78, 5) is 23.1. The third kappa shape index (κ3) is 3.34. The van der Waals surface area contributed by atoms with Crippen molar-refractivity contribution in [1.82, 2.24) is 5.32 Å². The van der Waals surface area contributed by atoms with Gasteiger partial charge in [-0.3, -0.25) is 0 Å². The predicted molar refractivity (Wildman–Crippen MR) is 61.8 cm³/mol. The second-order valence-corrected chi connectivity index (χ2v) is 4.04. The minimum Gasteiger partial charge on any atom is -0.466 e. The Labute approximate surface area is 100 Å². The Morgan fingerprint density at radius 2 is 2.00 bits per heavy atom. The maximum absolute atomic E-state index is 11.7. The largest absolute Gasteiger partial charge is 0.466 e. The molecule has 0 aromatic rings. The molecule has 0 unspecified atom stereocenters. The summed E-state index contributed by atoms with van der Waals surface area (Å²) in [5, 5.41) is 2.87. The minimum atomic E-state index is -0.432. The molecular formula is C12H17NO4. The van der Waals surface area contributed by atoms with Gasteiger partial charge in [-0.05, 0) is 20.8 Å². The van der Waals surface area contributed by atoms with Crippen LogP contribution in [-0.2, 0) is 19.1 Å². The first-order valence-electron chi connectivity index (χ1n) is 5.40. The topological polar surface area (TPSA) is 64.6 Å². The van der Waals surface area contributed by atoms with Gasteiger partial charge >= 0.3 is 11.9 Å². The van der Waals surface area contributed by atoms with Crippen molar-refractivity contribution in [3.63, 3.8) is 0 Å². The lowest BCUT2D eigenvalue weighted by Crippen LogP contribution is -2.24. The van der Waals surface area contributed by atoms with Crippen molar-refractivity contribution in [2.24, 2.45) is 0 Å². The van der Waals surface area contributed by atoms with Gasteiger partial charge in [0.1, 0.15) is 0 Å². The first-order chi connectivity index (χ1) is 7.95. The number of dihydropyridines is 1. The van der Waals surface area contributed by atoms with E-state index in [9.17, 15) is 9.59 Å². The molecule has 1 aliphatic heterocycles. The molecule has 0 atom stereocenters. The van der Waals surface area contributed by atoms with Gasteiger partial charge in [0.15, 0.2) is 0 Å². The molecule has 0 bridgehead atoms. The molecule has 1 N–H and O–H groups in total. The number of carbonyl (C=O) groups is 2. The van der Waals surface area contributed by atoms with Crippen molar-refractivity contribution in [2.75, 3.05) is 7.11 Å². The molecule has 5 heteroatoms. The fourth-order valence-electron chi connectivity index (χ4n) is 1.43. The van der Waals surface area contributed by atoms with Crippen LogP contribution in [0, 0.1) is 0 Å². The van der Waals surface area contributed by atoms with Crippen molar-refractivity contribution in [3.8, 4) is 0 Å². The number of rotatable bonds is 3. The van der Waals surface area contributed by atoms with E-state index in [1.54, 1.807) is 27.0 Å². The van der Waals surface area contributed by atoms with Crippen LogP contribution in [0.15, 0.2) is 23.0 Å². The molecule has 94 valence electrons. The summed E-state index contributed by atoms with van der Waals surface area (Å²) in [6.07, 6.45) is 1.61. The quantitative estimate of drug-likeness (QED) is 0.751. The van der Waals surface area contributed by atoms with Crippen LogP contribution >= 0.6 is 0 Å².